The van der Waals surface area contributed by atoms with Gasteiger partial charge >= 0.3 is 0 Å². The molecule has 1 aromatic rings. The van der Waals surface area contributed by atoms with Gasteiger partial charge in [0.05, 0.1) is 29.5 Å². The molecule has 1 aromatic carbocycles. The standard InChI is InChI=1S/C16H13ClN2O3/c1-18-11-6-5-10(14(18)20)12-13(11)16(22)19(15(12)21)9-4-2-3-8(17)7-9/h2-7,10-13H,1H3/t10-,11-,12+,13-/m1/s1. The molecule has 5 rings (SSSR count). The maximum Gasteiger partial charge on any atom is 0.240 e. The summed E-state index contributed by atoms with van der Waals surface area (Å²) in [7, 11) is 1.68. The molecule has 0 N–H and O–H groups in total. The SMILES string of the molecule is CN1C(=O)[C@@H]2C=C[C@@H]1[C@H]1C(=O)N(c3cccc(Cl)c3)C(=O)[C@H]12. The Bertz CT molecular complexity index is 745. The van der Waals surface area contributed by atoms with Crippen molar-refractivity contribution in [1.29, 1.82) is 0 Å². The molecule has 5 nitrogen and oxygen atoms in total. The van der Waals surface area contributed by atoms with Gasteiger partial charge in [-0.2, -0.15) is 0 Å². The third kappa shape index (κ3) is 1.57. The molecule has 4 aliphatic rings. The van der Waals surface area contributed by atoms with Gasteiger partial charge in [-0.1, -0.05) is 29.8 Å². The maximum absolute atomic E-state index is 12.8. The first-order valence-corrected chi connectivity index (χ1v) is 7.47. The highest BCUT2D eigenvalue weighted by Crippen LogP contribution is 2.46. The molecule has 0 saturated carbocycles. The first-order chi connectivity index (χ1) is 10.5. The van der Waals surface area contributed by atoms with Crippen LogP contribution >= 0.6 is 11.6 Å². The van der Waals surface area contributed by atoms with E-state index in [9.17, 15) is 14.4 Å². The van der Waals surface area contributed by atoms with E-state index >= 15 is 0 Å². The lowest BCUT2D eigenvalue weighted by atomic mass is 9.70. The molecule has 6 heteroatoms. The van der Waals surface area contributed by atoms with E-state index in [0.717, 1.165) is 0 Å². The smallest absolute Gasteiger partial charge is 0.240 e. The number of halogens is 1. The van der Waals surface area contributed by atoms with E-state index in [-0.39, 0.29) is 23.8 Å². The van der Waals surface area contributed by atoms with E-state index < -0.39 is 17.8 Å². The number of carbonyl (C=O) groups excluding carboxylic acids is 3. The van der Waals surface area contributed by atoms with Crippen LogP contribution in [0.15, 0.2) is 36.4 Å². The fraction of sp³-hybridized carbons (Fsp3) is 0.312. The van der Waals surface area contributed by atoms with Gasteiger partial charge in [-0.15, -0.1) is 0 Å². The summed E-state index contributed by atoms with van der Waals surface area (Å²) in [5, 5.41) is 0.460. The summed E-state index contributed by atoms with van der Waals surface area (Å²) in [5.41, 5.74) is 0.464. The Balaban J connectivity index is 1.80. The lowest BCUT2D eigenvalue weighted by Crippen LogP contribution is -2.57. The van der Waals surface area contributed by atoms with E-state index in [1.54, 1.807) is 42.3 Å². The molecule has 0 spiro atoms. The molecule has 0 unspecified atom stereocenters. The molecule has 2 fully saturated rings. The second-order valence-corrected chi connectivity index (χ2v) is 6.33. The fourth-order valence-electron chi connectivity index (χ4n) is 3.78. The maximum atomic E-state index is 12.8. The zero-order valence-corrected chi connectivity index (χ0v) is 12.5. The Kier molecular flexibility index (Phi) is 2.72. The molecule has 22 heavy (non-hydrogen) atoms. The number of piperidine rings is 1. The van der Waals surface area contributed by atoms with Crippen LogP contribution in [0.3, 0.4) is 0 Å². The fourth-order valence-corrected chi connectivity index (χ4v) is 3.96. The third-order valence-corrected chi connectivity index (χ3v) is 5.05. The van der Waals surface area contributed by atoms with Gasteiger partial charge in [-0.05, 0) is 18.2 Å². The number of hydrogen-bond acceptors (Lipinski definition) is 3. The van der Waals surface area contributed by atoms with Crippen LogP contribution in [0.1, 0.15) is 0 Å². The van der Waals surface area contributed by atoms with Crippen LogP contribution in [-0.2, 0) is 14.4 Å². The van der Waals surface area contributed by atoms with Gasteiger partial charge in [0.2, 0.25) is 17.7 Å². The third-order valence-electron chi connectivity index (χ3n) is 4.81. The number of anilines is 1. The van der Waals surface area contributed by atoms with Crippen molar-refractivity contribution >= 4 is 35.0 Å². The van der Waals surface area contributed by atoms with Gasteiger partial charge in [-0.25, -0.2) is 4.90 Å². The highest BCUT2D eigenvalue weighted by molar-refractivity contribution is 6.31. The number of nitrogens with zero attached hydrogens (tertiary/aromatic N) is 2. The molecular formula is C16H13ClN2O3. The van der Waals surface area contributed by atoms with E-state index in [1.807, 2.05) is 6.08 Å². The number of carbonyl (C=O) groups is 3. The molecule has 3 aliphatic heterocycles. The average Bonchev–Trinajstić information content (AvgIpc) is 2.77. The summed E-state index contributed by atoms with van der Waals surface area (Å²) in [6, 6.07) is 6.31. The highest BCUT2D eigenvalue weighted by atomic mass is 35.5. The van der Waals surface area contributed by atoms with Crippen LogP contribution in [0, 0.1) is 17.8 Å². The summed E-state index contributed by atoms with van der Waals surface area (Å²) in [4.78, 5) is 40.6. The molecule has 1 aliphatic carbocycles. The van der Waals surface area contributed by atoms with Crippen LogP contribution in [0.4, 0.5) is 5.69 Å². The molecule has 2 bridgehead atoms. The average molecular weight is 317 g/mol. The molecule has 2 saturated heterocycles. The molecule has 0 radical (unpaired) electrons. The Hall–Kier alpha value is -2.14. The van der Waals surface area contributed by atoms with Gasteiger partial charge in [-0.3, -0.25) is 14.4 Å². The number of imide groups is 1. The van der Waals surface area contributed by atoms with E-state index in [1.165, 1.54) is 4.90 Å². The minimum absolute atomic E-state index is 0.0946. The number of rotatable bonds is 1. The first kappa shape index (κ1) is 13.5. The van der Waals surface area contributed by atoms with Crippen molar-refractivity contribution in [3.8, 4) is 0 Å². The molecule has 4 atom stereocenters. The van der Waals surface area contributed by atoms with Gasteiger partial charge in [0, 0.05) is 12.1 Å². The van der Waals surface area contributed by atoms with Crippen molar-refractivity contribution in [1.82, 2.24) is 4.90 Å². The van der Waals surface area contributed by atoms with Crippen LogP contribution in [0.5, 0.6) is 0 Å². The van der Waals surface area contributed by atoms with Crippen LogP contribution in [0.25, 0.3) is 0 Å². The summed E-state index contributed by atoms with van der Waals surface area (Å²) in [5.74, 6) is -2.29. The minimum Gasteiger partial charge on any atom is -0.338 e. The largest absolute Gasteiger partial charge is 0.338 e. The molecule has 0 aromatic heterocycles. The van der Waals surface area contributed by atoms with Crippen LogP contribution in [-0.4, -0.2) is 35.7 Å². The van der Waals surface area contributed by atoms with Crippen LogP contribution < -0.4 is 4.90 Å². The monoisotopic (exact) mass is 316 g/mol. The number of benzene rings is 1. The van der Waals surface area contributed by atoms with Crippen molar-refractivity contribution in [3.63, 3.8) is 0 Å². The predicted octanol–water partition coefficient (Wildman–Crippen LogP) is 1.47. The van der Waals surface area contributed by atoms with Crippen molar-refractivity contribution in [3.05, 3.63) is 41.4 Å². The molecule has 3 heterocycles. The molecule has 112 valence electrons. The molecular weight excluding hydrogens is 304 g/mol. The zero-order chi connectivity index (χ0) is 15.6. The lowest BCUT2D eigenvalue weighted by molar-refractivity contribution is -0.148. The van der Waals surface area contributed by atoms with Gasteiger partial charge in [0.25, 0.3) is 0 Å². The molecule has 3 amide bonds. The normalized spacial score (nSPS) is 32.9. The van der Waals surface area contributed by atoms with E-state index in [0.29, 0.717) is 10.7 Å². The summed E-state index contributed by atoms with van der Waals surface area (Å²) in [6.07, 6.45) is 3.63. The number of hydrogen-bond donors (Lipinski definition) is 0. The number of amides is 3. The Morgan fingerprint density at radius 3 is 2.45 bits per heavy atom. The van der Waals surface area contributed by atoms with Gasteiger partial charge in [0.1, 0.15) is 0 Å². The second-order valence-electron chi connectivity index (χ2n) is 5.89. The number of fused-ring (bicyclic) bond motifs is 1. The Morgan fingerprint density at radius 1 is 1.00 bits per heavy atom. The summed E-state index contributed by atoms with van der Waals surface area (Å²) < 4.78 is 0. The van der Waals surface area contributed by atoms with Crippen molar-refractivity contribution in [2.45, 2.75) is 6.04 Å². The topological polar surface area (TPSA) is 57.7 Å². The summed E-state index contributed by atoms with van der Waals surface area (Å²) in [6.45, 7) is 0. The Labute approximate surface area is 132 Å². The van der Waals surface area contributed by atoms with Crippen molar-refractivity contribution in [2.75, 3.05) is 11.9 Å². The van der Waals surface area contributed by atoms with E-state index in [2.05, 4.69) is 0 Å². The van der Waals surface area contributed by atoms with Crippen LogP contribution in [0.2, 0.25) is 5.02 Å². The lowest BCUT2D eigenvalue weighted by Gasteiger charge is -2.44. The van der Waals surface area contributed by atoms with Gasteiger partial charge in [0.15, 0.2) is 0 Å². The Morgan fingerprint density at radius 2 is 1.73 bits per heavy atom. The zero-order valence-electron chi connectivity index (χ0n) is 11.8. The number of likely N-dealkylation sites (N-methyl/N-ethyl adjacent to an activating group) is 1. The highest BCUT2D eigenvalue weighted by Gasteiger charge is 2.61. The predicted molar refractivity (Wildman–Crippen MR) is 80.1 cm³/mol. The minimum atomic E-state index is -0.592. The summed E-state index contributed by atoms with van der Waals surface area (Å²) >= 11 is 5.96. The van der Waals surface area contributed by atoms with Gasteiger partial charge < -0.3 is 4.90 Å². The van der Waals surface area contributed by atoms with Crippen molar-refractivity contribution in [2.24, 2.45) is 17.8 Å². The van der Waals surface area contributed by atoms with E-state index in [4.69, 9.17) is 11.6 Å². The second kappa shape index (κ2) is 4.43. The van der Waals surface area contributed by atoms with Crippen molar-refractivity contribution < 1.29 is 14.4 Å². The quantitative estimate of drug-likeness (QED) is 0.582. The first-order valence-electron chi connectivity index (χ1n) is 7.09.